The van der Waals surface area contributed by atoms with E-state index in [1.807, 2.05) is 0 Å². The third-order valence-electron chi connectivity index (χ3n) is 4.91. The summed E-state index contributed by atoms with van der Waals surface area (Å²) in [6.45, 7) is 0. The van der Waals surface area contributed by atoms with E-state index in [4.69, 9.17) is 0 Å². The van der Waals surface area contributed by atoms with E-state index in [2.05, 4.69) is 72.8 Å². The zero-order valence-corrected chi connectivity index (χ0v) is 15.7. The third kappa shape index (κ3) is 2.12. The Morgan fingerprint density at radius 1 is 0.522 bits per heavy atom. The summed E-state index contributed by atoms with van der Waals surface area (Å²) in [6.07, 6.45) is 0. The van der Waals surface area contributed by atoms with Gasteiger partial charge in [0.1, 0.15) is 0 Å². The van der Waals surface area contributed by atoms with Gasteiger partial charge in [-0.05, 0) is 0 Å². The van der Waals surface area contributed by atoms with Crippen molar-refractivity contribution in [1.82, 2.24) is 0 Å². The number of benzene rings is 4. The van der Waals surface area contributed by atoms with Crippen LogP contribution in [0.5, 0.6) is 0 Å². The minimum absolute atomic E-state index is 0.369. The van der Waals surface area contributed by atoms with Gasteiger partial charge in [-0.3, -0.25) is 0 Å². The van der Waals surface area contributed by atoms with Crippen LogP contribution >= 0.6 is 0 Å². The van der Waals surface area contributed by atoms with Gasteiger partial charge in [-0.25, -0.2) is 0 Å². The van der Waals surface area contributed by atoms with E-state index >= 15 is 0 Å². The Bertz CT molecular complexity index is 961. The Balaban J connectivity index is 2.01. The molecule has 0 amide bonds. The Labute approximate surface area is 146 Å². The van der Waals surface area contributed by atoms with E-state index in [9.17, 15) is 0 Å². The molecule has 0 bridgehead atoms. The molecule has 1 aliphatic rings. The first kappa shape index (κ1) is 13.6. The van der Waals surface area contributed by atoms with Crippen molar-refractivity contribution in [1.29, 1.82) is 0 Å². The van der Waals surface area contributed by atoms with E-state index in [0.29, 0.717) is 0 Å². The molecule has 0 fully saturated rings. The molecule has 0 unspecified atom stereocenters. The Morgan fingerprint density at radius 3 is 1.52 bits per heavy atom. The fourth-order valence-electron chi connectivity index (χ4n) is 3.85. The van der Waals surface area contributed by atoms with Gasteiger partial charge in [0, 0.05) is 0 Å². The van der Waals surface area contributed by atoms with Crippen LogP contribution in [0.25, 0.3) is 32.7 Å². The first-order valence-corrected chi connectivity index (χ1v) is 12.2. The number of hydrogen-bond donors (Lipinski definition) is 0. The van der Waals surface area contributed by atoms with Crippen molar-refractivity contribution in [3.63, 3.8) is 0 Å². The van der Waals surface area contributed by atoms with E-state index < -0.39 is 0 Å². The average Bonchev–Trinajstić information content (AvgIpc) is 2.81. The minimum atomic E-state index is -0.369. The molecule has 0 nitrogen and oxygen atoms in total. The third-order valence-corrected chi connectivity index (χ3v) is 8.51. The Morgan fingerprint density at radius 2 is 1.00 bits per heavy atom. The maximum atomic E-state index is 2.38. The van der Waals surface area contributed by atoms with Gasteiger partial charge in [0.05, 0.1) is 0 Å². The summed E-state index contributed by atoms with van der Waals surface area (Å²) < 4.78 is 2.68. The number of fused-ring (bicyclic) bond motifs is 7. The first-order chi connectivity index (χ1) is 11.4. The molecule has 4 aromatic carbocycles. The quantitative estimate of drug-likeness (QED) is 0.349. The monoisotopic (exact) mass is 400 g/mol. The van der Waals surface area contributed by atoms with Crippen molar-refractivity contribution < 1.29 is 0 Å². The summed E-state index contributed by atoms with van der Waals surface area (Å²) in [7, 11) is 0. The van der Waals surface area contributed by atoms with Crippen LogP contribution in [0.2, 0.25) is 0 Å². The van der Waals surface area contributed by atoms with Gasteiger partial charge in [0.25, 0.3) is 0 Å². The van der Waals surface area contributed by atoms with Crippen molar-refractivity contribution in [3.05, 3.63) is 83.9 Å². The molecular weight excluding hydrogens is 383 g/mol. The first-order valence-electron chi connectivity index (χ1n) is 8.14. The summed E-state index contributed by atoms with van der Waals surface area (Å²) in [5, 5.41) is 5.56. The molecule has 1 aliphatic heterocycles. The van der Waals surface area contributed by atoms with Gasteiger partial charge in [-0.2, -0.15) is 0 Å². The van der Waals surface area contributed by atoms with Gasteiger partial charge in [0.2, 0.25) is 0 Å². The molecule has 0 atom stereocenters. The standard InChI is InChI=1S/C22H16.Sn/c1-15-11-13-17-7-3-5-9-19(17)21(15)22-16(2)12-14-18-8-4-6-10-20(18)22;/h3-14H,1-2H2;. The van der Waals surface area contributed by atoms with Gasteiger partial charge >= 0.3 is 147 Å². The second-order valence-corrected chi connectivity index (χ2v) is 9.69. The summed E-state index contributed by atoms with van der Waals surface area (Å²) in [4.78, 5) is 0. The topological polar surface area (TPSA) is 0 Å². The fourth-order valence-corrected chi connectivity index (χ4v) is 7.43. The molecule has 108 valence electrons. The van der Waals surface area contributed by atoms with Crippen molar-refractivity contribution in [2.24, 2.45) is 0 Å². The molecule has 0 saturated heterocycles. The van der Waals surface area contributed by atoms with E-state index in [0.717, 1.165) is 0 Å². The summed E-state index contributed by atoms with van der Waals surface area (Å²) in [6, 6.07) is 27.1. The normalized spacial score (nSPS) is 13.6. The van der Waals surface area contributed by atoms with Crippen molar-refractivity contribution in [2.45, 2.75) is 8.87 Å². The average molecular weight is 399 g/mol. The van der Waals surface area contributed by atoms with Gasteiger partial charge in [-0.1, -0.05) is 0 Å². The Kier molecular flexibility index (Phi) is 3.19. The summed E-state index contributed by atoms with van der Waals surface area (Å²) in [5.41, 5.74) is 6.16. The molecule has 0 aromatic heterocycles. The molecule has 4 aromatic rings. The van der Waals surface area contributed by atoms with Crippen LogP contribution in [0.1, 0.15) is 11.1 Å². The molecular formula is C22H16Sn. The van der Waals surface area contributed by atoms with E-state index in [1.165, 1.54) is 41.5 Å². The van der Waals surface area contributed by atoms with Crippen LogP contribution in [0, 0.1) is 0 Å². The van der Waals surface area contributed by atoms with Crippen LogP contribution in [-0.4, -0.2) is 21.1 Å². The maximum absolute atomic E-state index is 2.38. The van der Waals surface area contributed by atoms with Gasteiger partial charge in [0.15, 0.2) is 0 Å². The van der Waals surface area contributed by atoms with E-state index in [1.54, 1.807) is 11.1 Å². The number of rotatable bonds is 0. The number of hydrogen-bond acceptors (Lipinski definition) is 0. The van der Waals surface area contributed by atoms with E-state index in [-0.39, 0.29) is 21.1 Å². The van der Waals surface area contributed by atoms with Crippen molar-refractivity contribution in [2.75, 3.05) is 0 Å². The molecule has 1 heteroatoms. The van der Waals surface area contributed by atoms with Crippen LogP contribution in [-0.2, 0) is 8.87 Å². The SMILES string of the molecule is c1ccc2c3c(ccc2c1)[CH2][Sn][CH2]c1ccc2ccccc2c1-3. The Hall–Kier alpha value is -1.80. The van der Waals surface area contributed by atoms with Crippen LogP contribution in [0.15, 0.2) is 72.8 Å². The van der Waals surface area contributed by atoms with Gasteiger partial charge in [-0.15, -0.1) is 0 Å². The molecule has 0 saturated carbocycles. The summed E-state index contributed by atoms with van der Waals surface area (Å²) >= 11 is -0.369. The molecule has 2 radical (unpaired) electrons. The predicted octanol–water partition coefficient (Wildman–Crippen LogP) is 5.38. The molecule has 5 rings (SSSR count). The molecule has 0 spiro atoms. The van der Waals surface area contributed by atoms with Crippen LogP contribution < -0.4 is 0 Å². The zero-order valence-electron chi connectivity index (χ0n) is 12.8. The van der Waals surface area contributed by atoms with Gasteiger partial charge < -0.3 is 0 Å². The second-order valence-electron chi connectivity index (χ2n) is 6.25. The van der Waals surface area contributed by atoms with Crippen LogP contribution in [0.3, 0.4) is 0 Å². The van der Waals surface area contributed by atoms with Crippen LogP contribution in [0.4, 0.5) is 0 Å². The van der Waals surface area contributed by atoms with Crippen molar-refractivity contribution in [3.8, 4) is 11.1 Å². The predicted molar refractivity (Wildman–Crippen MR) is 100 cm³/mol. The second kappa shape index (κ2) is 5.38. The summed E-state index contributed by atoms with van der Waals surface area (Å²) in [5.74, 6) is 0. The molecule has 0 aliphatic carbocycles. The molecule has 1 heterocycles. The zero-order chi connectivity index (χ0) is 15.2. The molecule has 0 N–H and O–H groups in total. The fraction of sp³-hybridized carbons (Fsp3) is 0.0909. The molecule has 23 heavy (non-hydrogen) atoms. The van der Waals surface area contributed by atoms with Crippen molar-refractivity contribution >= 4 is 42.7 Å².